The predicted octanol–water partition coefficient (Wildman–Crippen LogP) is 7.28. The topological polar surface area (TPSA) is 54.0 Å². The number of hydrogen-bond acceptors (Lipinski definition) is 5. The fourth-order valence-electron chi connectivity index (χ4n) is 4.57. The Hall–Kier alpha value is -4.03. The van der Waals surface area contributed by atoms with E-state index < -0.39 is 18.5 Å². The normalized spacial score (nSPS) is 18.5. The molecule has 5 rings (SSSR count). The summed E-state index contributed by atoms with van der Waals surface area (Å²) in [5, 5.41) is 0. The summed E-state index contributed by atoms with van der Waals surface area (Å²) in [6.45, 7) is 1.16. The van der Waals surface area contributed by atoms with Crippen molar-refractivity contribution in [2.45, 2.75) is 51.2 Å². The number of benzene rings is 4. The molecular formula is C35H34O5. The standard InChI is InChI=1S/C35H34O5/c36-32(30-19-11-4-12-20-30)22-21-31-23-33(37-24-27-13-5-1-6-14-27)34(38-25-28-15-7-2-8-16-28)35(40-31)39-26-29-17-9-3-10-18-29/h1-20,23,33-35H,21-22,24-26H2/t33-,34+,35+/m0/s1. The molecule has 1 heterocycles. The minimum atomic E-state index is -0.712. The van der Waals surface area contributed by atoms with Gasteiger partial charge in [0.15, 0.2) is 5.78 Å². The monoisotopic (exact) mass is 534 g/mol. The molecule has 0 amide bonds. The van der Waals surface area contributed by atoms with Crippen LogP contribution in [-0.2, 0) is 38.8 Å². The van der Waals surface area contributed by atoms with Crippen molar-refractivity contribution in [3.05, 3.63) is 155 Å². The van der Waals surface area contributed by atoms with E-state index in [1.165, 1.54) is 0 Å². The van der Waals surface area contributed by atoms with E-state index in [2.05, 4.69) is 0 Å². The van der Waals surface area contributed by atoms with Gasteiger partial charge in [-0.15, -0.1) is 0 Å². The van der Waals surface area contributed by atoms with Crippen LogP contribution in [0.5, 0.6) is 0 Å². The Bertz CT molecular complexity index is 1340. The third kappa shape index (κ3) is 7.99. The van der Waals surface area contributed by atoms with Gasteiger partial charge in [0.2, 0.25) is 6.29 Å². The van der Waals surface area contributed by atoms with Crippen molar-refractivity contribution >= 4 is 5.78 Å². The van der Waals surface area contributed by atoms with E-state index in [9.17, 15) is 4.79 Å². The first-order valence-electron chi connectivity index (χ1n) is 13.7. The number of allylic oxidation sites excluding steroid dienone is 1. The lowest BCUT2D eigenvalue weighted by atomic mass is 10.0. The second-order valence-corrected chi connectivity index (χ2v) is 9.73. The molecule has 204 valence electrons. The van der Waals surface area contributed by atoms with E-state index in [0.29, 0.717) is 44.0 Å². The average Bonchev–Trinajstić information content (AvgIpc) is 3.03. The van der Waals surface area contributed by atoms with Gasteiger partial charge in [-0.2, -0.15) is 0 Å². The number of hydrogen-bond donors (Lipinski definition) is 0. The highest BCUT2D eigenvalue weighted by Crippen LogP contribution is 2.29. The molecular weight excluding hydrogens is 500 g/mol. The lowest BCUT2D eigenvalue weighted by Gasteiger charge is -2.37. The molecule has 3 atom stereocenters. The van der Waals surface area contributed by atoms with Crippen LogP contribution in [0.4, 0.5) is 0 Å². The van der Waals surface area contributed by atoms with Gasteiger partial charge in [0.1, 0.15) is 12.2 Å². The van der Waals surface area contributed by atoms with Gasteiger partial charge in [-0.3, -0.25) is 4.79 Å². The van der Waals surface area contributed by atoms with Gasteiger partial charge in [-0.25, -0.2) is 0 Å². The van der Waals surface area contributed by atoms with Crippen molar-refractivity contribution in [3.63, 3.8) is 0 Å². The summed E-state index contributed by atoms with van der Waals surface area (Å²) in [5.74, 6) is 0.732. The fraction of sp³-hybridized carbons (Fsp3) is 0.229. The van der Waals surface area contributed by atoms with Crippen molar-refractivity contribution in [3.8, 4) is 0 Å². The molecule has 0 N–H and O–H groups in total. The van der Waals surface area contributed by atoms with Crippen LogP contribution in [0, 0.1) is 0 Å². The molecule has 0 aromatic heterocycles. The molecule has 0 saturated carbocycles. The van der Waals surface area contributed by atoms with Gasteiger partial charge in [0.25, 0.3) is 0 Å². The summed E-state index contributed by atoms with van der Waals surface area (Å²) in [7, 11) is 0. The molecule has 0 aliphatic carbocycles. The van der Waals surface area contributed by atoms with Crippen LogP contribution in [0.3, 0.4) is 0 Å². The molecule has 0 spiro atoms. The fourth-order valence-corrected chi connectivity index (χ4v) is 4.57. The maximum Gasteiger partial charge on any atom is 0.229 e. The summed E-state index contributed by atoms with van der Waals surface area (Å²) in [6, 6.07) is 39.4. The van der Waals surface area contributed by atoms with E-state index in [1.54, 1.807) is 0 Å². The van der Waals surface area contributed by atoms with Crippen molar-refractivity contribution in [1.82, 2.24) is 0 Å². The minimum absolute atomic E-state index is 0.0658. The first kappa shape index (κ1) is 27.5. The molecule has 0 unspecified atom stereocenters. The van der Waals surface area contributed by atoms with E-state index >= 15 is 0 Å². The predicted molar refractivity (Wildman–Crippen MR) is 154 cm³/mol. The Kier molecular flexibility index (Phi) is 9.90. The Morgan fingerprint density at radius 2 is 1.07 bits per heavy atom. The number of carbonyl (C=O) groups excluding carboxylic acids is 1. The summed E-state index contributed by atoms with van der Waals surface area (Å²) in [6.07, 6.45) is 1.05. The smallest absolute Gasteiger partial charge is 0.229 e. The largest absolute Gasteiger partial charge is 0.467 e. The van der Waals surface area contributed by atoms with E-state index in [-0.39, 0.29) is 5.78 Å². The van der Waals surface area contributed by atoms with Crippen LogP contribution in [0.1, 0.15) is 39.9 Å². The molecule has 1 aliphatic heterocycles. The molecule has 0 saturated heterocycles. The zero-order chi connectivity index (χ0) is 27.4. The van der Waals surface area contributed by atoms with Gasteiger partial charge in [0.05, 0.1) is 25.6 Å². The lowest BCUT2D eigenvalue weighted by molar-refractivity contribution is -0.235. The molecule has 0 radical (unpaired) electrons. The molecule has 1 aliphatic rings. The maximum absolute atomic E-state index is 12.8. The van der Waals surface area contributed by atoms with E-state index in [1.807, 2.05) is 127 Å². The van der Waals surface area contributed by atoms with Crippen LogP contribution >= 0.6 is 0 Å². The SMILES string of the molecule is O=C(CCC1=C[C@H](OCc2ccccc2)[C@@H](OCc2ccccc2)[C@H](OCc2ccccc2)O1)c1ccccc1. The summed E-state index contributed by atoms with van der Waals surface area (Å²) in [5.41, 5.74) is 3.84. The van der Waals surface area contributed by atoms with Crippen molar-refractivity contribution in [1.29, 1.82) is 0 Å². The van der Waals surface area contributed by atoms with Gasteiger partial charge in [-0.05, 0) is 22.8 Å². The molecule has 0 fully saturated rings. The number of ketones is 1. The Morgan fingerprint density at radius 1 is 0.600 bits per heavy atom. The first-order valence-corrected chi connectivity index (χ1v) is 13.7. The van der Waals surface area contributed by atoms with Gasteiger partial charge in [0, 0.05) is 18.4 Å². The second-order valence-electron chi connectivity index (χ2n) is 9.73. The third-order valence-electron chi connectivity index (χ3n) is 6.73. The molecule has 5 nitrogen and oxygen atoms in total. The van der Waals surface area contributed by atoms with Crippen molar-refractivity contribution in [2.24, 2.45) is 0 Å². The summed E-state index contributed by atoms with van der Waals surface area (Å²) in [4.78, 5) is 12.8. The third-order valence-corrected chi connectivity index (χ3v) is 6.73. The molecule has 4 aromatic rings. The van der Waals surface area contributed by atoms with Crippen LogP contribution < -0.4 is 0 Å². The quantitative estimate of drug-likeness (QED) is 0.169. The average molecular weight is 535 g/mol. The van der Waals surface area contributed by atoms with Gasteiger partial charge >= 0.3 is 0 Å². The van der Waals surface area contributed by atoms with Crippen LogP contribution in [0.2, 0.25) is 0 Å². The van der Waals surface area contributed by atoms with E-state index in [0.717, 1.165) is 16.7 Å². The van der Waals surface area contributed by atoms with Crippen LogP contribution in [0.25, 0.3) is 0 Å². The Morgan fingerprint density at radius 3 is 1.62 bits per heavy atom. The highest BCUT2D eigenvalue weighted by Gasteiger charge is 2.37. The number of ether oxygens (including phenoxy) is 4. The molecule has 40 heavy (non-hydrogen) atoms. The lowest BCUT2D eigenvalue weighted by Crippen LogP contribution is -2.46. The van der Waals surface area contributed by atoms with Gasteiger partial charge in [-0.1, -0.05) is 121 Å². The van der Waals surface area contributed by atoms with Crippen molar-refractivity contribution < 1.29 is 23.7 Å². The highest BCUT2D eigenvalue weighted by atomic mass is 16.7. The minimum Gasteiger partial charge on any atom is -0.467 e. The number of carbonyl (C=O) groups is 1. The van der Waals surface area contributed by atoms with Gasteiger partial charge < -0.3 is 18.9 Å². The summed E-state index contributed by atoms with van der Waals surface area (Å²) < 4.78 is 25.5. The highest BCUT2D eigenvalue weighted by molar-refractivity contribution is 5.96. The Balaban J connectivity index is 1.35. The molecule has 0 bridgehead atoms. The molecule has 4 aromatic carbocycles. The Labute approximate surface area is 236 Å². The van der Waals surface area contributed by atoms with Crippen LogP contribution in [0.15, 0.2) is 133 Å². The first-order chi connectivity index (χ1) is 19.7. The summed E-state index contributed by atoms with van der Waals surface area (Å²) >= 11 is 0. The zero-order valence-corrected chi connectivity index (χ0v) is 22.4. The zero-order valence-electron chi connectivity index (χ0n) is 22.4. The number of rotatable bonds is 13. The van der Waals surface area contributed by atoms with Crippen LogP contribution in [-0.4, -0.2) is 24.3 Å². The van der Waals surface area contributed by atoms with Crippen molar-refractivity contribution in [2.75, 3.05) is 0 Å². The van der Waals surface area contributed by atoms with E-state index in [4.69, 9.17) is 18.9 Å². The molecule has 5 heteroatoms. The second kappa shape index (κ2) is 14.4. The number of Topliss-reactive ketones (excluding diaryl/α,β-unsaturated/α-hetero) is 1. The maximum atomic E-state index is 12.8.